The van der Waals surface area contributed by atoms with Crippen LogP contribution in [-0.2, 0) is 9.47 Å². The molecule has 0 amide bonds. The molecule has 1 aliphatic heterocycles. The van der Waals surface area contributed by atoms with Crippen LogP contribution in [0, 0.1) is 0 Å². The normalized spacial score (nSPS) is 21.6. The predicted octanol–water partition coefficient (Wildman–Crippen LogP) is 0.723. The van der Waals surface area contributed by atoms with E-state index in [0.29, 0.717) is 6.04 Å². The minimum atomic E-state index is 0.582. The summed E-state index contributed by atoms with van der Waals surface area (Å²) >= 11 is 0. The maximum absolute atomic E-state index is 5.42. The third kappa shape index (κ3) is 6.43. The summed E-state index contributed by atoms with van der Waals surface area (Å²) in [6.45, 7) is 5.89. The first-order chi connectivity index (χ1) is 7.83. The van der Waals surface area contributed by atoms with Crippen LogP contribution < -0.4 is 5.32 Å². The van der Waals surface area contributed by atoms with E-state index < -0.39 is 0 Å². The van der Waals surface area contributed by atoms with Crippen LogP contribution in [0.3, 0.4) is 0 Å². The van der Waals surface area contributed by atoms with Crippen molar-refractivity contribution in [2.45, 2.75) is 25.3 Å². The van der Waals surface area contributed by atoms with E-state index in [1.807, 2.05) is 0 Å². The molecule has 1 heterocycles. The average molecular weight is 230 g/mol. The van der Waals surface area contributed by atoms with Gasteiger partial charge >= 0.3 is 0 Å². The van der Waals surface area contributed by atoms with Gasteiger partial charge in [0.25, 0.3) is 0 Å². The number of hydrogen-bond acceptors (Lipinski definition) is 4. The maximum atomic E-state index is 5.42. The van der Waals surface area contributed by atoms with Crippen molar-refractivity contribution in [2.75, 3.05) is 53.6 Å². The number of ether oxygens (including phenoxy) is 2. The number of hydrogen-bond donors (Lipinski definition) is 1. The van der Waals surface area contributed by atoms with Crippen LogP contribution in [0.1, 0.15) is 19.3 Å². The van der Waals surface area contributed by atoms with E-state index in [2.05, 4.69) is 17.3 Å². The number of rotatable bonds is 8. The molecule has 1 rings (SSSR count). The molecule has 0 saturated carbocycles. The first-order valence-corrected chi connectivity index (χ1v) is 6.31. The smallest absolute Gasteiger partial charge is 0.0619 e. The van der Waals surface area contributed by atoms with E-state index in [-0.39, 0.29) is 0 Å². The Balaban J connectivity index is 1.90. The molecule has 1 unspecified atom stereocenters. The Hall–Kier alpha value is -0.160. The standard InChI is InChI=1S/C12H26N2O2/c1-14(8-10-15-2)7-4-6-13-12-5-3-9-16-11-12/h12-13H,3-11H2,1-2H3. The van der Waals surface area contributed by atoms with Gasteiger partial charge in [-0.2, -0.15) is 0 Å². The summed E-state index contributed by atoms with van der Waals surface area (Å²) in [5, 5.41) is 3.55. The fraction of sp³-hybridized carbons (Fsp3) is 1.00. The summed E-state index contributed by atoms with van der Waals surface area (Å²) in [7, 11) is 3.89. The van der Waals surface area contributed by atoms with Crippen molar-refractivity contribution in [1.82, 2.24) is 10.2 Å². The van der Waals surface area contributed by atoms with Crippen molar-refractivity contribution >= 4 is 0 Å². The van der Waals surface area contributed by atoms with Gasteiger partial charge in [-0.3, -0.25) is 0 Å². The topological polar surface area (TPSA) is 33.7 Å². The zero-order chi connectivity index (χ0) is 11.6. The lowest BCUT2D eigenvalue weighted by molar-refractivity contribution is 0.0701. The molecule has 0 aromatic carbocycles. The molecule has 0 radical (unpaired) electrons. The minimum absolute atomic E-state index is 0.582. The van der Waals surface area contributed by atoms with Gasteiger partial charge < -0.3 is 19.7 Å². The number of methoxy groups -OCH3 is 1. The molecule has 96 valence electrons. The highest BCUT2D eigenvalue weighted by molar-refractivity contribution is 4.69. The van der Waals surface area contributed by atoms with Gasteiger partial charge in [0, 0.05) is 26.3 Å². The van der Waals surface area contributed by atoms with E-state index in [1.165, 1.54) is 19.3 Å². The van der Waals surface area contributed by atoms with E-state index in [1.54, 1.807) is 7.11 Å². The monoisotopic (exact) mass is 230 g/mol. The molecule has 1 aliphatic rings. The highest BCUT2D eigenvalue weighted by Crippen LogP contribution is 2.05. The van der Waals surface area contributed by atoms with Crippen molar-refractivity contribution < 1.29 is 9.47 Å². The van der Waals surface area contributed by atoms with Crippen LogP contribution in [0.15, 0.2) is 0 Å². The van der Waals surface area contributed by atoms with Gasteiger partial charge in [-0.15, -0.1) is 0 Å². The van der Waals surface area contributed by atoms with Crippen molar-refractivity contribution in [2.24, 2.45) is 0 Å². The fourth-order valence-corrected chi connectivity index (χ4v) is 1.92. The van der Waals surface area contributed by atoms with E-state index in [4.69, 9.17) is 9.47 Å². The highest BCUT2D eigenvalue weighted by atomic mass is 16.5. The largest absolute Gasteiger partial charge is 0.383 e. The molecule has 0 spiro atoms. The van der Waals surface area contributed by atoms with Crippen LogP contribution in [0.25, 0.3) is 0 Å². The first-order valence-electron chi connectivity index (χ1n) is 6.31. The average Bonchev–Trinajstić information content (AvgIpc) is 2.33. The molecule has 1 saturated heterocycles. The van der Waals surface area contributed by atoms with E-state index in [9.17, 15) is 0 Å². The third-order valence-electron chi connectivity index (χ3n) is 2.99. The minimum Gasteiger partial charge on any atom is -0.383 e. The number of nitrogens with one attached hydrogen (secondary N) is 1. The second kappa shape index (κ2) is 8.93. The summed E-state index contributed by atoms with van der Waals surface area (Å²) in [5.74, 6) is 0. The molecule has 0 aromatic heterocycles. The zero-order valence-electron chi connectivity index (χ0n) is 10.7. The van der Waals surface area contributed by atoms with Crippen molar-refractivity contribution in [3.05, 3.63) is 0 Å². The lowest BCUT2D eigenvalue weighted by atomic mass is 10.1. The molecular weight excluding hydrogens is 204 g/mol. The molecule has 1 atom stereocenters. The predicted molar refractivity (Wildman–Crippen MR) is 65.8 cm³/mol. The lowest BCUT2D eigenvalue weighted by Gasteiger charge is -2.23. The van der Waals surface area contributed by atoms with Gasteiger partial charge in [0.15, 0.2) is 0 Å². The van der Waals surface area contributed by atoms with Gasteiger partial charge in [0.1, 0.15) is 0 Å². The van der Waals surface area contributed by atoms with Gasteiger partial charge in [0.2, 0.25) is 0 Å². The Morgan fingerprint density at radius 2 is 2.31 bits per heavy atom. The summed E-state index contributed by atoms with van der Waals surface area (Å²) in [4.78, 5) is 2.31. The second-order valence-electron chi connectivity index (χ2n) is 4.52. The Morgan fingerprint density at radius 1 is 1.44 bits per heavy atom. The molecule has 16 heavy (non-hydrogen) atoms. The second-order valence-corrected chi connectivity index (χ2v) is 4.52. The molecule has 1 N–H and O–H groups in total. The van der Waals surface area contributed by atoms with Crippen LogP contribution in [0.2, 0.25) is 0 Å². The summed E-state index contributed by atoms with van der Waals surface area (Å²) in [6, 6.07) is 0.582. The van der Waals surface area contributed by atoms with Gasteiger partial charge in [-0.05, 0) is 39.4 Å². The van der Waals surface area contributed by atoms with Crippen molar-refractivity contribution in [3.8, 4) is 0 Å². The molecule has 4 nitrogen and oxygen atoms in total. The SMILES string of the molecule is COCCN(C)CCCNC1CCCOC1. The summed E-state index contributed by atoms with van der Waals surface area (Å²) in [5.41, 5.74) is 0. The highest BCUT2D eigenvalue weighted by Gasteiger charge is 2.12. The lowest BCUT2D eigenvalue weighted by Crippen LogP contribution is -2.38. The summed E-state index contributed by atoms with van der Waals surface area (Å²) in [6.07, 6.45) is 3.65. The first kappa shape index (κ1) is 13.9. The number of nitrogens with zero attached hydrogens (tertiary/aromatic N) is 1. The molecule has 0 bridgehead atoms. The van der Waals surface area contributed by atoms with Crippen LogP contribution in [-0.4, -0.2) is 64.6 Å². The molecule has 1 fully saturated rings. The van der Waals surface area contributed by atoms with Gasteiger partial charge in [0.05, 0.1) is 13.2 Å². The van der Waals surface area contributed by atoms with Crippen LogP contribution in [0.5, 0.6) is 0 Å². The van der Waals surface area contributed by atoms with Crippen molar-refractivity contribution in [1.29, 1.82) is 0 Å². The molecular formula is C12H26N2O2. The quantitative estimate of drug-likeness (QED) is 0.623. The number of likely N-dealkylation sites (N-methyl/N-ethyl adjacent to an activating group) is 1. The summed E-state index contributed by atoms with van der Waals surface area (Å²) < 4.78 is 10.5. The molecule has 4 heteroatoms. The zero-order valence-corrected chi connectivity index (χ0v) is 10.7. The Labute approximate surface area is 99.3 Å². The Kier molecular flexibility index (Phi) is 7.76. The van der Waals surface area contributed by atoms with Gasteiger partial charge in [-0.1, -0.05) is 0 Å². The third-order valence-corrected chi connectivity index (χ3v) is 2.99. The van der Waals surface area contributed by atoms with Crippen molar-refractivity contribution in [3.63, 3.8) is 0 Å². The van der Waals surface area contributed by atoms with E-state index >= 15 is 0 Å². The van der Waals surface area contributed by atoms with Gasteiger partial charge in [-0.25, -0.2) is 0 Å². The Morgan fingerprint density at radius 3 is 3.00 bits per heavy atom. The fourth-order valence-electron chi connectivity index (χ4n) is 1.92. The van der Waals surface area contributed by atoms with Crippen LogP contribution in [0.4, 0.5) is 0 Å². The maximum Gasteiger partial charge on any atom is 0.0619 e. The van der Waals surface area contributed by atoms with E-state index in [0.717, 1.165) is 39.5 Å². The Bertz CT molecular complexity index is 161. The molecule has 0 aliphatic carbocycles. The van der Waals surface area contributed by atoms with Crippen LogP contribution >= 0.6 is 0 Å². The molecule has 0 aromatic rings.